The van der Waals surface area contributed by atoms with Gasteiger partial charge in [-0.3, -0.25) is 0 Å². The standard InChI is InChI=1S/C24H19N.C19H18.C15H13N/c1-3-7-17(8-4-1)19-11-13-23-21(15-19)22-16-20(12-14-24(22)25-23)18-9-5-2-6-10-18;1-13-10-11-18-16-8-3-2-6-14(16)15-7-4-5-9-17(15)19(18)12-13;1-2-15(16)14-10-8-13(9-11-14)12-6-4-3-5-7-12/h1,3-5,7-16,25H,2,6H2;3,5,8-12H,2,4,6-7H2,1H3;2-11,16H,1H2. The van der Waals surface area contributed by atoms with Crippen molar-refractivity contribution in [3.63, 3.8) is 0 Å². The fraction of sp³-hybridized carbons (Fsp3) is 0.121. The van der Waals surface area contributed by atoms with Crippen molar-refractivity contribution < 1.29 is 0 Å². The summed E-state index contributed by atoms with van der Waals surface area (Å²) in [6, 6.07) is 49.1. The minimum atomic E-state index is 0.458. The van der Waals surface area contributed by atoms with Gasteiger partial charge in [-0.25, -0.2) is 0 Å². The summed E-state index contributed by atoms with van der Waals surface area (Å²) in [6.07, 6.45) is 24.9. The van der Waals surface area contributed by atoms with Crippen LogP contribution in [0.2, 0.25) is 0 Å². The van der Waals surface area contributed by atoms with Crippen molar-refractivity contribution in [2.45, 2.75) is 45.4 Å². The minimum absolute atomic E-state index is 0.458. The highest BCUT2D eigenvalue weighted by Gasteiger charge is 2.19. The van der Waals surface area contributed by atoms with Crippen molar-refractivity contribution >= 4 is 56.0 Å². The number of rotatable bonds is 5. The quantitative estimate of drug-likeness (QED) is 0.164. The minimum Gasteiger partial charge on any atom is -0.355 e. The lowest BCUT2D eigenvalue weighted by molar-refractivity contribution is 0.911. The van der Waals surface area contributed by atoms with E-state index in [1.165, 1.54) is 108 Å². The van der Waals surface area contributed by atoms with E-state index >= 15 is 0 Å². The number of aryl methyl sites for hydroxylation is 1. The molecule has 292 valence electrons. The van der Waals surface area contributed by atoms with Gasteiger partial charge in [-0.1, -0.05) is 170 Å². The Morgan fingerprint density at radius 2 is 1.07 bits per heavy atom. The van der Waals surface area contributed by atoms with Gasteiger partial charge in [0.05, 0.1) is 5.71 Å². The smallest absolute Gasteiger partial charge is 0.0606 e. The van der Waals surface area contributed by atoms with Crippen molar-refractivity contribution in [1.29, 1.82) is 5.41 Å². The molecule has 1 heterocycles. The van der Waals surface area contributed by atoms with Crippen molar-refractivity contribution in [2.24, 2.45) is 0 Å². The van der Waals surface area contributed by atoms with Crippen molar-refractivity contribution in [3.05, 3.63) is 222 Å². The van der Waals surface area contributed by atoms with Gasteiger partial charge in [-0.2, -0.15) is 0 Å². The first kappa shape index (κ1) is 38.5. The number of nitrogens with one attached hydrogen (secondary N) is 2. The Hall–Kier alpha value is -7.03. The zero-order chi connectivity index (χ0) is 40.8. The number of aromatic nitrogens is 1. The highest BCUT2D eigenvalue weighted by Crippen LogP contribution is 2.38. The summed E-state index contributed by atoms with van der Waals surface area (Å²) >= 11 is 0. The molecule has 3 aliphatic rings. The second-order valence-corrected chi connectivity index (χ2v) is 15.9. The largest absolute Gasteiger partial charge is 0.355 e. The number of hydrogen-bond donors (Lipinski definition) is 2. The van der Waals surface area contributed by atoms with Crippen molar-refractivity contribution in [2.75, 3.05) is 0 Å². The number of aromatic amines is 1. The first-order valence-corrected chi connectivity index (χ1v) is 21.3. The van der Waals surface area contributed by atoms with E-state index in [0.29, 0.717) is 5.71 Å². The molecule has 60 heavy (non-hydrogen) atoms. The molecule has 11 rings (SSSR count). The zero-order valence-electron chi connectivity index (χ0n) is 34.3. The van der Waals surface area contributed by atoms with Crippen LogP contribution in [0.4, 0.5) is 0 Å². The number of hydrogen-bond acceptors (Lipinski definition) is 1. The summed E-state index contributed by atoms with van der Waals surface area (Å²) in [6.45, 7) is 5.78. The molecule has 7 aromatic carbocycles. The predicted octanol–water partition coefficient (Wildman–Crippen LogP) is 15.7. The van der Waals surface area contributed by atoms with Gasteiger partial charge in [0.2, 0.25) is 0 Å². The Bertz CT molecular complexity index is 2990. The average molecular weight is 775 g/mol. The molecule has 0 atom stereocenters. The van der Waals surface area contributed by atoms with E-state index < -0.39 is 0 Å². The van der Waals surface area contributed by atoms with Crippen LogP contribution < -0.4 is 0 Å². The predicted molar refractivity (Wildman–Crippen MR) is 260 cm³/mol. The molecule has 0 radical (unpaired) electrons. The van der Waals surface area contributed by atoms with Crippen LogP contribution in [0.25, 0.3) is 72.6 Å². The van der Waals surface area contributed by atoms with Gasteiger partial charge in [-0.05, 0) is 148 Å². The lowest BCUT2D eigenvalue weighted by Gasteiger charge is -2.23. The Balaban J connectivity index is 0.000000119. The first-order chi connectivity index (χ1) is 29.5. The van der Waals surface area contributed by atoms with Crippen LogP contribution >= 0.6 is 0 Å². The molecule has 3 aliphatic carbocycles. The summed E-state index contributed by atoms with van der Waals surface area (Å²) in [5.41, 5.74) is 18.8. The third-order valence-electron chi connectivity index (χ3n) is 12.0. The number of fused-ring (bicyclic) bond motifs is 9. The van der Waals surface area contributed by atoms with Gasteiger partial charge in [0.15, 0.2) is 0 Å². The summed E-state index contributed by atoms with van der Waals surface area (Å²) in [4.78, 5) is 3.55. The number of allylic oxidation sites excluding steroid dienone is 7. The monoisotopic (exact) mass is 774 g/mol. The van der Waals surface area contributed by atoms with Gasteiger partial charge in [-0.15, -0.1) is 0 Å². The summed E-state index contributed by atoms with van der Waals surface area (Å²) < 4.78 is 0. The zero-order valence-corrected chi connectivity index (χ0v) is 34.3. The molecule has 2 nitrogen and oxygen atoms in total. The van der Waals surface area contributed by atoms with Gasteiger partial charge in [0, 0.05) is 21.8 Å². The van der Waals surface area contributed by atoms with Gasteiger partial charge in [0.1, 0.15) is 0 Å². The van der Waals surface area contributed by atoms with Crippen LogP contribution in [0.3, 0.4) is 0 Å². The summed E-state index contributed by atoms with van der Waals surface area (Å²) in [5.74, 6) is 0. The lowest BCUT2D eigenvalue weighted by Crippen LogP contribution is -2.06. The Kier molecular flexibility index (Phi) is 11.2. The molecule has 0 saturated carbocycles. The maximum absolute atomic E-state index is 7.64. The third-order valence-corrected chi connectivity index (χ3v) is 12.0. The molecule has 0 unspecified atom stereocenters. The Morgan fingerprint density at radius 3 is 1.68 bits per heavy atom. The molecule has 0 amide bonds. The van der Waals surface area contributed by atoms with Crippen LogP contribution in [0.15, 0.2) is 183 Å². The van der Waals surface area contributed by atoms with Crippen LogP contribution in [-0.4, -0.2) is 10.7 Å². The Morgan fingerprint density at radius 1 is 0.517 bits per heavy atom. The molecule has 0 bridgehead atoms. The third kappa shape index (κ3) is 8.02. The molecule has 1 aromatic heterocycles. The maximum Gasteiger partial charge on any atom is 0.0606 e. The van der Waals surface area contributed by atoms with E-state index in [1.807, 2.05) is 42.5 Å². The Labute approximate surface area is 354 Å². The van der Waals surface area contributed by atoms with Gasteiger partial charge < -0.3 is 10.4 Å². The van der Waals surface area contributed by atoms with E-state index in [1.54, 1.807) is 17.2 Å². The molecular weight excluding hydrogens is 725 g/mol. The lowest BCUT2D eigenvalue weighted by atomic mass is 9.81. The first-order valence-electron chi connectivity index (χ1n) is 21.3. The van der Waals surface area contributed by atoms with Crippen LogP contribution in [0.5, 0.6) is 0 Å². The SMILES string of the molecule is C1=CC(c2ccc3[nH]c4ccc(-c5ccccc5)cc4c3c2)=CCC1.C=CC(=N)c1ccc(-c2ccccc2)cc1.Cc1ccc2c3c(c4c(c2c1)C=CCC4)CCC=C3. The topological polar surface area (TPSA) is 39.6 Å². The average Bonchev–Trinajstić information content (AvgIpc) is 3.70. The van der Waals surface area contributed by atoms with E-state index in [-0.39, 0.29) is 0 Å². The van der Waals surface area contributed by atoms with Crippen molar-refractivity contribution in [3.8, 4) is 22.3 Å². The van der Waals surface area contributed by atoms with E-state index in [4.69, 9.17) is 5.41 Å². The molecule has 2 N–H and O–H groups in total. The molecule has 0 aliphatic heterocycles. The molecular formula is C58H50N2. The van der Waals surface area contributed by atoms with Crippen LogP contribution in [0, 0.1) is 12.3 Å². The van der Waals surface area contributed by atoms with Crippen LogP contribution in [-0.2, 0) is 12.8 Å². The normalized spacial score (nSPS) is 13.7. The molecule has 8 aromatic rings. The molecule has 0 saturated heterocycles. The highest BCUT2D eigenvalue weighted by molar-refractivity contribution is 6.09. The summed E-state index contributed by atoms with van der Waals surface area (Å²) in [5, 5.41) is 13.1. The van der Waals surface area contributed by atoms with Crippen molar-refractivity contribution in [1.82, 2.24) is 4.98 Å². The van der Waals surface area contributed by atoms with Gasteiger partial charge >= 0.3 is 0 Å². The highest BCUT2D eigenvalue weighted by atomic mass is 14.7. The van der Waals surface area contributed by atoms with E-state index in [9.17, 15) is 0 Å². The molecule has 2 heteroatoms. The summed E-state index contributed by atoms with van der Waals surface area (Å²) in [7, 11) is 0. The maximum atomic E-state index is 7.64. The van der Waals surface area contributed by atoms with E-state index in [2.05, 4.69) is 158 Å². The number of benzene rings is 7. The number of H-pyrrole nitrogens is 1. The second kappa shape index (κ2) is 17.4. The second-order valence-electron chi connectivity index (χ2n) is 15.9. The fourth-order valence-electron chi connectivity index (χ4n) is 8.88. The molecule has 0 spiro atoms. The fourth-order valence-corrected chi connectivity index (χ4v) is 8.88. The van der Waals surface area contributed by atoms with Crippen LogP contribution in [0.1, 0.15) is 64.6 Å². The molecule has 0 fully saturated rings. The van der Waals surface area contributed by atoms with Gasteiger partial charge in [0.25, 0.3) is 0 Å². The van der Waals surface area contributed by atoms with E-state index in [0.717, 1.165) is 18.4 Å².